The van der Waals surface area contributed by atoms with E-state index in [0.29, 0.717) is 21.7 Å². The summed E-state index contributed by atoms with van der Waals surface area (Å²) in [5.74, 6) is 0. The van der Waals surface area contributed by atoms with E-state index in [2.05, 4.69) is 165 Å². The van der Waals surface area contributed by atoms with Crippen LogP contribution in [0.15, 0.2) is 97.1 Å². The van der Waals surface area contributed by atoms with Gasteiger partial charge >= 0.3 is 0 Å². The predicted octanol–water partition coefficient (Wildman–Crippen LogP) is 9.94. The van der Waals surface area contributed by atoms with Gasteiger partial charge in [0, 0.05) is 25.8 Å². The quantitative estimate of drug-likeness (QED) is 0.140. The van der Waals surface area contributed by atoms with Gasteiger partial charge < -0.3 is 0 Å². The van der Waals surface area contributed by atoms with E-state index in [1.165, 1.54) is 58.3 Å². The first kappa shape index (κ1) is 36.7. The molecule has 0 amide bonds. The normalized spacial score (nSPS) is 19.2. The Kier molecular flexibility index (Phi) is 11.0. The fourth-order valence-corrected chi connectivity index (χ4v) is 8.73. The maximum atomic E-state index is 3.39. The van der Waals surface area contributed by atoms with Gasteiger partial charge in [-0.3, -0.25) is 0 Å². The molecule has 0 nitrogen and oxygen atoms in total. The van der Waals surface area contributed by atoms with Gasteiger partial charge in [0.1, 0.15) is 9.52 Å². The van der Waals surface area contributed by atoms with Crippen LogP contribution in [0.1, 0.15) is 126 Å². The van der Waals surface area contributed by atoms with E-state index in [9.17, 15) is 0 Å². The second-order valence-electron chi connectivity index (χ2n) is 16.6. The van der Waals surface area contributed by atoms with Crippen molar-refractivity contribution in [3.8, 4) is 0 Å². The zero-order valence-electron chi connectivity index (χ0n) is 30.5. The van der Waals surface area contributed by atoms with Crippen molar-refractivity contribution < 1.29 is 25.8 Å². The van der Waals surface area contributed by atoms with Crippen LogP contribution in [0, 0.1) is 12.2 Å². The Labute approximate surface area is 313 Å². The van der Waals surface area contributed by atoms with Crippen LogP contribution in [-0.4, -0.2) is 9.52 Å². The Bertz CT molecular complexity index is 1650. The number of hydrogen-bond acceptors (Lipinski definition) is 0. The first-order chi connectivity index (χ1) is 22.3. The van der Waals surface area contributed by atoms with Gasteiger partial charge in [-0.2, -0.15) is 47.6 Å². The summed E-state index contributed by atoms with van der Waals surface area (Å²) >= 11 is 0. The number of benzene rings is 4. The third-order valence-corrected chi connectivity index (χ3v) is 12.4. The fourth-order valence-electron chi connectivity index (χ4n) is 7.68. The average Bonchev–Trinajstić information content (AvgIpc) is 3.72. The summed E-state index contributed by atoms with van der Waals surface area (Å²) in [6.45, 7) is 19.1. The van der Waals surface area contributed by atoms with Crippen molar-refractivity contribution in [3.63, 3.8) is 0 Å². The molecule has 0 heterocycles. The van der Waals surface area contributed by atoms with Gasteiger partial charge in [-0.1, -0.05) is 162 Å². The fraction of sp³-hybridized carbons (Fsp3) is 0.391. The molecular weight excluding hydrogens is 759 g/mol. The number of hydrogen-bond donors (Lipinski definition) is 0. The number of rotatable bonds is 2. The Hall–Kier alpha value is -2.55. The SMILES string of the molecule is CC1(C)CCC(C)(C)c2cc3c(cc21)[C-]=CC3.CC1(C)CCC(C)(C)c2cc3c(cc21)[C-]=CC3.[Hf].c1ccc([Si]c2ccccc2)cc1. The van der Waals surface area contributed by atoms with Crippen LogP contribution in [0.3, 0.4) is 0 Å². The second-order valence-corrected chi connectivity index (χ2v) is 18.0. The molecule has 0 fully saturated rings. The predicted molar refractivity (Wildman–Crippen MR) is 203 cm³/mol. The molecule has 0 unspecified atom stereocenters. The minimum Gasteiger partial charge on any atom is -0.189 e. The summed E-state index contributed by atoms with van der Waals surface area (Å²) in [5, 5.41) is 2.79. The van der Waals surface area contributed by atoms with Gasteiger partial charge in [0.2, 0.25) is 0 Å². The van der Waals surface area contributed by atoms with E-state index >= 15 is 0 Å². The van der Waals surface area contributed by atoms with Gasteiger partial charge in [0.25, 0.3) is 0 Å². The zero-order chi connectivity index (χ0) is 33.5. The molecule has 4 aromatic rings. The summed E-state index contributed by atoms with van der Waals surface area (Å²) in [7, 11) is 0.777. The maximum Gasteiger partial charge on any atom is 0.121 e. The molecule has 8 rings (SSSR count). The van der Waals surface area contributed by atoms with Crippen LogP contribution in [0.5, 0.6) is 0 Å². The monoisotopic (exact) mass is 812 g/mol. The molecule has 0 bridgehead atoms. The van der Waals surface area contributed by atoms with E-state index in [-0.39, 0.29) is 25.8 Å². The first-order valence-corrected chi connectivity index (χ1v) is 18.6. The second kappa shape index (κ2) is 14.4. The van der Waals surface area contributed by atoms with Crippen molar-refractivity contribution >= 4 is 19.9 Å². The summed E-state index contributed by atoms with van der Waals surface area (Å²) in [5.41, 5.74) is 13.2. The Morgan fingerprint density at radius 3 is 1.10 bits per heavy atom. The van der Waals surface area contributed by atoms with Crippen LogP contribution in [-0.2, 0) is 60.3 Å². The summed E-state index contributed by atoms with van der Waals surface area (Å²) in [6, 6.07) is 30.8. The molecule has 2 heteroatoms. The molecule has 2 radical (unpaired) electrons. The standard InChI is InChI=1S/2C17H21.C12H10Si.Hf/c2*1-16(2)8-9-17(3,4)15-11-13-7-5-6-12(13)10-14(15)16;1-3-7-11(8-4-1)13-12-9-5-2-6-10-12;/h2*5,10-11H,6,8-9H2,1-4H3;1-10H;/q2*-1;;. The number of fused-ring (bicyclic) bond motifs is 4. The minimum absolute atomic E-state index is 0. The maximum absolute atomic E-state index is 3.39. The largest absolute Gasteiger partial charge is 0.189 e. The molecular formula is C46H52HfSi-2. The van der Waals surface area contributed by atoms with Gasteiger partial charge in [-0.25, -0.2) is 0 Å². The molecule has 246 valence electrons. The van der Waals surface area contributed by atoms with Crippen LogP contribution in [0.2, 0.25) is 0 Å². The van der Waals surface area contributed by atoms with Gasteiger partial charge in [-0.05, 0) is 47.3 Å². The van der Waals surface area contributed by atoms with E-state index in [0.717, 1.165) is 22.4 Å². The van der Waals surface area contributed by atoms with Crippen molar-refractivity contribution in [1.29, 1.82) is 0 Å². The number of allylic oxidation sites excluding steroid dienone is 2. The Morgan fingerprint density at radius 1 is 0.458 bits per heavy atom. The molecule has 0 saturated carbocycles. The third kappa shape index (κ3) is 7.92. The zero-order valence-corrected chi connectivity index (χ0v) is 35.1. The molecule has 48 heavy (non-hydrogen) atoms. The van der Waals surface area contributed by atoms with Crippen LogP contribution in [0.4, 0.5) is 0 Å². The molecule has 4 aromatic carbocycles. The van der Waals surface area contributed by atoms with Crippen molar-refractivity contribution in [2.75, 3.05) is 0 Å². The van der Waals surface area contributed by atoms with Crippen molar-refractivity contribution in [3.05, 3.63) is 154 Å². The molecule has 0 spiro atoms. The van der Waals surface area contributed by atoms with Crippen molar-refractivity contribution in [1.82, 2.24) is 0 Å². The third-order valence-electron chi connectivity index (χ3n) is 11.1. The van der Waals surface area contributed by atoms with Crippen LogP contribution in [0.25, 0.3) is 0 Å². The van der Waals surface area contributed by atoms with Crippen molar-refractivity contribution in [2.24, 2.45) is 0 Å². The van der Waals surface area contributed by atoms with Crippen LogP contribution < -0.4 is 10.4 Å². The molecule has 0 aliphatic heterocycles. The van der Waals surface area contributed by atoms with Crippen molar-refractivity contribution in [2.45, 2.75) is 116 Å². The topological polar surface area (TPSA) is 0 Å². The summed E-state index contributed by atoms with van der Waals surface area (Å²) in [4.78, 5) is 0. The first-order valence-electron chi connectivity index (χ1n) is 17.6. The van der Waals surface area contributed by atoms with E-state index in [4.69, 9.17) is 0 Å². The Balaban J connectivity index is 0.000000141. The summed E-state index contributed by atoms with van der Waals surface area (Å²) in [6.07, 6.45) is 18.4. The van der Waals surface area contributed by atoms with Gasteiger partial charge in [0.05, 0.1) is 0 Å². The van der Waals surface area contributed by atoms with Gasteiger partial charge in [0.15, 0.2) is 0 Å². The molecule has 0 aromatic heterocycles. The molecule has 0 atom stereocenters. The molecule has 4 aliphatic carbocycles. The minimum atomic E-state index is 0. The molecule has 4 aliphatic rings. The van der Waals surface area contributed by atoms with E-state index in [1.807, 2.05) is 0 Å². The van der Waals surface area contributed by atoms with E-state index in [1.54, 1.807) is 22.3 Å². The summed E-state index contributed by atoms with van der Waals surface area (Å²) < 4.78 is 0. The molecule has 0 saturated heterocycles. The van der Waals surface area contributed by atoms with Gasteiger partial charge in [-0.15, -0.1) is 23.3 Å². The average molecular weight is 811 g/mol. The van der Waals surface area contributed by atoms with E-state index < -0.39 is 0 Å². The van der Waals surface area contributed by atoms with Crippen LogP contribution >= 0.6 is 0 Å². The Morgan fingerprint density at radius 2 is 0.771 bits per heavy atom. The molecule has 0 N–H and O–H groups in total. The smallest absolute Gasteiger partial charge is 0.121 e.